The number of carboxylic acids is 1. The van der Waals surface area contributed by atoms with Crippen LogP contribution < -0.4 is 10.1 Å². The number of hydrogen-bond donors (Lipinski definition) is 2. The maximum atomic E-state index is 12.2. The normalized spacial score (nSPS) is 12.8. The summed E-state index contributed by atoms with van der Waals surface area (Å²) in [5.74, 6) is -0.241. The number of ether oxygens (including phenoxy) is 1. The van der Waals surface area contributed by atoms with Crippen LogP contribution in [0.1, 0.15) is 37.3 Å². The molecule has 27 heavy (non-hydrogen) atoms. The standard InChI is InChI=1S/C22H27NO4/c1-3-22(21(25)26,18-9-5-4-6-10-18)16-23-20(24)11-7-8-17-12-14-19(27-2)15-13-17/h4-6,9-10,12-15H,3,7-8,11,16H2,1-2H3,(H,23,24)(H,25,26). The number of nitrogens with one attached hydrogen (secondary N) is 1. The first-order valence-electron chi connectivity index (χ1n) is 9.20. The smallest absolute Gasteiger partial charge is 0.315 e. The molecule has 2 aromatic carbocycles. The van der Waals surface area contributed by atoms with Crippen molar-refractivity contribution in [3.63, 3.8) is 0 Å². The Hall–Kier alpha value is -2.82. The third kappa shape index (κ3) is 5.33. The van der Waals surface area contributed by atoms with Crippen LogP contribution in [0.5, 0.6) is 5.75 Å². The van der Waals surface area contributed by atoms with Crippen molar-refractivity contribution in [3.05, 3.63) is 65.7 Å². The lowest BCUT2D eigenvalue weighted by atomic mass is 9.78. The molecular weight excluding hydrogens is 342 g/mol. The van der Waals surface area contributed by atoms with E-state index >= 15 is 0 Å². The fourth-order valence-corrected chi connectivity index (χ4v) is 3.12. The van der Waals surface area contributed by atoms with Gasteiger partial charge in [0.1, 0.15) is 11.2 Å². The maximum Gasteiger partial charge on any atom is 0.315 e. The highest BCUT2D eigenvalue weighted by Crippen LogP contribution is 2.28. The van der Waals surface area contributed by atoms with Crippen molar-refractivity contribution in [2.45, 2.75) is 38.0 Å². The van der Waals surface area contributed by atoms with Crippen LogP contribution >= 0.6 is 0 Å². The van der Waals surface area contributed by atoms with Gasteiger partial charge in [0.15, 0.2) is 0 Å². The summed E-state index contributed by atoms with van der Waals surface area (Å²) in [5.41, 5.74) is 0.743. The van der Waals surface area contributed by atoms with Gasteiger partial charge < -0.3 is 15.2 Å². The molecule has 2 aromatic rings. The van der Waals surface area contributed by atoms with Crippen LogP contribution in [0, 0.1) is 0 Å². The Kier molecular flexibility index (Phi) is 7.41. The average Bonchev–Trinajstić information content (AvgIpc) is 2.70. The van der Waals surface area contributed by atoms with E-state index in [0.29, 0.717) is 24.8 Å². The number of amides is 1. The largest absolute Gasteiger partial charge is 0.497 e. The molecule has 1 unspecified atom stereocenters. The molecule has 2 rings (SSSR count). The zero-order chi connectivity index (χ0) is 19.7. The molecule has 5 nitrogen and oxygen atoms in total. The van der Waals surface area contributed by atoms with E-state index in [1.54, 1.807) is 19.2 Å². The Morgan fingerprint density at radius 2 is 1.74 bits per heavy atom. The first-order chi connectivity index (χ1) is 13.0. The van der Waals surface area contributed by atoms with Gasteiger partial charge >= 0.3 is 5.97 Å². The van der Waals surface area contributed by atoms with Crippen molar-refractivity contribution in [2.24, 2.45) is 0 Å². The number of aryl methyl sites for hydroxylation is 1. The topological polar surface area (TPSA) is 75.6 Å². The molecule has 144 valence electrons. The van der Waals surface area contributed by atoms with E-state index in [9.17, 15) is 14.7 Å². The second kappa shape index (κ2) is 9.76. The molecule has 0 aromatic heterocycles. The Balaban J connectivity index is 1.89. The Bertz CT molecular complexity index is 743. The van der Waals surface area contributed by atoms with Crippen LogP contribution in [-0.4, -0.2) is 30.6 Å². The molecule has 0 heterocycles. The number of carbonyl (C=O) groups excluding carboxylic acids is 1. The molecule has 2 N–H and O–H groups in total. The molecule has 0 aliphatic carbocycles. The predicted molar refractivity (Wildman–Crippen MR) is 105 cm³/mol. The molecule has 0 saturated carbocycles. The number of methoxy groups -OCH3 is 1. The van der Waals surface area contributed by atoms with Crippen LogP contribution in [0.25, 0.3) is 0 Å². The van der Waals surface area contributed by atoms with Crippen molar-refractivity contribution >= 4 is 11.9 Å². The number of carbonyl (C=O) groups is 2. The van der Waals surface area contributed by atoms with Gasteiger partial charge in [-0.3, -0.25) is 9.59 Å². The third-order valence-corrected chi connectivity index (χ3v) is 4.95. The summed E-state index contributed by atoms with van der Waals surface area (Å²) in [4.78, 5) is 24.2. The Labute approximate surface area is 160 Å². The summed E-state index contributed by atoms with van der Waals surface area (Å²) < 4.78 is 5.13. The number of aliphatic carboxylic acids is 1. The SMILES string of the molecule is CCC(CNC(=O)CCCc1ccc(OC)cc1)(C(=O)O)c1ccccc1. The molecule has 0 spiro atoms. The van der Waals surface area contributed by atoms with Crippen LogP contribution in [0.4, 0.5) is 0 Å². The monoisotopic (exact) mass is 369 g/mol. The van der Waals surface area contributed by atoms with E-state index in [0.717, 1.165) is 17.7 Å². The van der Waals surface area contributed by atoms with E-state index in [-0.39, 0.29) is 12.5 Å². The minimum atomic E-state index is -1.10. The maximum absolute atomic E-state index is 12.2. The van der Waals surface area contributed by atoms with Gasteiger partial charge in [0.2, 0.25) is 5.91 Å². The van der Waals surface area contributed by atoms with E-state index in [1.165, 1.54) is 0 Å². The number of carboxylic acid groups (broad SMARTS) is 1. The van der Waals surface area contributed by atoms with Crippen LogP contribution in [0.15, 0.2) is 54.6 Å². The minimum Gasteiger partial charge on any atom is -0.497 e. The average molecular weight is 369 g/mol. The lowest BCUT2D eigenvalue weighted by Crippen LogP contribution is -2.46. The minimum absolute atomic E-state index is 0.0875. The molecule has 5 heteroatoms. The van der Waals surface area contributed by atoms with E-state index in [1.807, 2.05) is 49.4 Å². The Morgan fingerprint density at radius 1 is 1.07 bits per heavy atom. The molecule has 0 saturated heterocycles. The third-order valence-electron chi connectivity index (χ3n) is 4.95. The van der Waals surface area contributed by atoms with Crippen LogP contribution in [0.3, 0.4) is 0 Å². The second-order valence-corrected chi connectivity index (χ2v) is 6.59. The van der Waals surface area contributed by atoms with Gasteiger partial charge in [0.05, 0.1) is 7.11 Å². The first-order valence-corrected chi connectivity index (χ1v) is 9.20. The lowest BCUT2D eigenvalue weighted by Gasteiger charge is -2.29. The van der Waals surface area contributed by atoms with Crippen molar-refractivity contribution in [1.82, 2.24) is 5.32 Å². The summed E-state index contributed by atoms with van der Waals surface area (Å²) >= 11 is 0. The number of benzene rings is 2. The lowest BCUT2D eigenvalue weighted by molar-refractivity contribution is -0.144. The molecule has 1 amide bonds. The van der Waals surface area contributed by atoms with Crippen molar-refractivity contribution in [1.29, 1.82) is 0 Å². The van der Waals surface area contributed by atoms with E-state index in [4.69, 9.17) is 4.74 Å². The summed E-state index contributed by atoms with van der Waals surface area (Å²) in [6, 6.07) is 16.9. The van der Waals surface area contributed by atoms with Gasteiger partial charge in [-0.2, -0.15) is 0 Å². The molecule has 0 radical (unpaired) electrons. The zero-order valence-electron chi connectivity index (χ0n) is 15.9. The molecule has 0 aliphatic heterocycles. The summed E-state index contributed by atoms with van der Waals surface area (Å²) in [5, 5.41) is 12.6. The van der Waals surface area contributed by atoms with Gasteiger partial charge in [0, 0.05) is 13.0 Å². The first kappa shape index (κ1) is 20.5. The van der Waals surface area contributed by atoms with Crippen molar-refractivity contribution < 1.29 is 19.4 Å². The highest BCUT2D eigenvalue weighted by Gasteiger charge is 2.38. The van der Waals surface area contributed by atoms with Crippen molar-refractivity contribution in [3.8, 4) is 5.75 Å². The van der Waals surface area contributed by atoms with E-state index < -0.39 is 11.4 Å². The summed E-state index contributed by atoms with van der Waals surface area (Å²) in [6.45, 7) is 1.92. The molecule has 0 fully saturated rings. The van der Waals surface area contributed by atoms with Crippen LogP contribution in [-0.2, 0) is 21.4 Å². The number of rotatable bonds is 10. The Morgan fingerprint density at radius 3 is 2.30 bits per heavy atom. The van der Waals surface area contributed by atoms with Gasteiger partial charge in [-0.15, -0.1) is 0 Å². The predicted octanol–water partition coefficient (Wildman–Crippen LogP) is 3.57. The molecule has 0 bridgehead atoms. The number of hydrogen-bond acceptors (Lipinski definition) is 3. The van der Waals surface area contributed by atoms with Gasteiger partial charge in [-0.25, -0.2) is 0 Å². The highest BCUT2D eigenvalue weighted by atomic mass is 16.5. The van der Waals surface area contributed by atoms with Gasteiger partial charge in [-0.1, -0.05) is 49.4 Å². The fourth-order valence-electron chi connectivity index (χ4n) is 3.12. The fraction of sp³-hybridized carbons (Fsp3) is 0.364. The van der Waals surface area contributed by atoms with Crippen molar-refractivity contribution in [2.75, 3.05) is 13.7 Å². The zero-order valence-corrected chi connectivity index (χ0v) is 15.9. The quantitative estimate of drug-likeness (QED) is 0.671. The highest BCUT2D eigenvalue weighted by molar-refractivity contribution is 5.83. The summed E-state index contributed by atoms with van der Waals surface area (Å²) in [6.07, 6.45) is 2.25. The molecular formula is C22H27NO4. The summed E-state index contributed by atoms with van der Waals surface area (Å²) in [7, 11) is 1.63. The second-order valence-electron chi connectivity index (χ2n) is 6.59. The van der Waals surface area contributed by atoms with Crippen LogP contribution in [0.2, 0.25) is 0 Å². The molecule has 1 atom stereocenters. The molecule has 0 aliphatic rings. The van der Waals surface area contributed by atoms with E-state index in [2.05, 4.69) is 5.32 Å². The van der Waals surface area contributed by atoms with Gasteiger partial charge in [0.25, 0.3) is 0 Å². The van der Waals surface area contributed by atoms with Gasteiger partial charge in [-0.05, 0) is 42.5 Å².